The lowest BCUT2D eigenvalue weighted by Crippen LogP contribution is -2.18. The minimum atomic E-state index is 0.403. The number of hydrogen-bond donors (Lipinski definition) is 1. The SMILES string of the molecule is CC(C)c1ccc(-c2cnnn2CC(N)=S)cc1. The Kier molecular flexibility index (Phi) is 3.72. The van der Waals surface area contributed by atoms with Crippen LogP contribution in [-0.2, 0) is 6.54 Å². The summed E-state index contributed by atoms with van der Waals surface area (Å²) < 4.78 is 1.71. The molecule has 1 aromatic carbocycles. The Morgan fingerprint density at radius 1 is 1.33 bits per heavy atom. The van der Waals surface area contributed by atoms with Crippen LogP contribution in [0.3, 0.4) is 0 Å². The summed E-state index contributed by atoms with van der Waals surface area (Å²) in [6.07, 6.45) is 1.72. The van der Waals surface area contributed by atoms with Gasteiger partial charge in [-0.1, -0.05) is 55.5 Å². The predicted octanol–water partition coefficient (Wildman–Crippen LogP) is 2.35. The third-order valence-corrected chi connectivity index (χ3v) is 2.93. The molecular weight excluding hydrogens is 244 g/mol. The zero-order valence-electron chi connectivity index (χ0n) is 10.5. The Balaban J connectivity index is 2.31. The number of nitrogens with zero attached hydrogens (tertiary/aromatic N) is 3. The van der Waals surface area contributed by atoms with E-state index in [4.69, 9.17) is 18.0 Å². The summed E-state index contributed by atoms with van der Waals surface area (Å²) >= 11 is 4.90. The van der Waals surface area contributed by atoms with Crippen LogP contribution in [0.5, 0.6) is 0 Å². The van der Waals surface area contributed by atoms with Crippen molar-refractivity contribution in [3.8, 4) is 11.3 Å². The molecule has 0 spiro atoms. The summed E-state index contributed by atoms with van der Waals surface area (Å²) in [6.45, 7) is 4.76. The van der Waals surface area contributed by atoms with E-state index in [-0.39, 0.29) is 0 Å². The van der Waals surface area contributed by atoms with E-state index in [1.54, 1.807) is 10.9 Å². The molecular formula is C13H16N4S. The smallest absolute Gasteiger partial charge is 0.0946 e. The van der Waals surface area contributed by atoms with Crippen LogP contribution in [-0.4, -0.2) is 20.0 Å². The Labute approximate surface area is 112 Å². The van der Waals surface area contributed by atoms with E-state index in [1.807, 2.05) is 0 Å². The quantitative estimate of drug-likeness (QED) is 0.857. The van der Waals surface area contributed by atoms with Crippen molar-refractivity contribution in [3.05, 3.63) is 36.0 Å². The molecule has 0 bridgehead atoms. The Morgan fingerprint density at radius 3 is 2.56 bits per heavy atom. The van der Waals surface area contributed by atoms with Gasteiger partial charge < -0.3 is 5.73 Å². The topological polar surface area (TPSA) is 56.7 Å². The molecule has 1 aromatic heterocycles. The summed E-state index contributed by atoms with van der Waals surface area (Å²) in [7, 11) is 0. The standard InChI is InChI=1S/C13H16N4S/c1-9(2)10-3-5-11(6-4-10)12-7-15-16-17(12)8-13(14)18/h3-7,9H,8H2,1-2H3,(H2,14,18). The number of thiocarbonyl (C=S) groups is 1. The maximum absolute atomic E-state index is 5.54. The number of rotatable bonds is 4. The molecule has 1 heterocycles. The molecule has 5 heteroatoms. The maximum atomic E-state index is 5.54. The van der Waals surface area contributed by atoms with Gasteiger partial charge in [-0.2, -0.15) is 0 Å². The summed E-state index contributed by atoms with van der Waals surface area (Å²) in [6, 6.07) is 8.39. The van der Waals surface area contributed by atoms with Gasteiger partial charge >= 0.3 is 0 Å². The molecule has 2 rings (SSSR count). The zero-order chi connectivity index (χ0) is 13.1. The molecule has 0 atom stereocenters. The average molecular weight is 260 g/mol. The van der Waals surface area contributed by atoms with Gasteiger partial charge in [0, 0.05) is 5.56 Å². The molecule has 0 unspecified atom stereocenters. The van der Waals surface area contributed by atoms with Crippen LogP contribution in [0.4, 0.5) is 0 Å². The van der Waals surface area contributed by atoms with Crippen LogP contribution in [0.1, 0.15) is 25.3 Å². The van der Waals surface area contributed by atoms with E-state index < -0.39 is 0 Å². The largest absolute Gasteiger partial charge is 0.392 e. The van der Waals surface area contributed by atoms with Crippen molar-refractivity contribution in [2.24, 2.45) is 5.73 Å². The van der Waals surface area contributed by atoms with E-state index >= 15 is 0 Å². The molecule has 0 aliphatic heterocycles. The minimum absolute atomic E-state index is 0.403. The summed E-state index contributed by atoms with van der Waals surface area (Å²) in [5.74, 6) is 0.527. The molecule has 0 aliphatic carbocycles. The Hall–Kier alpha value is -1.75. The van der Waals surface area contributed by atoms with Gasteiger partial charge in [-0.15, -0.1) is 5.10 Å². The van der Waals surface area contributed by atoms with E-state index in [2.05, 4.69) is 48.4 Å². The van der Waals surface area contributed by atoms with Gasteiger partial charge in [0.2, 0.25) is 0 Å². The first-order chi connectivity index (χ1) is 8.58. The first-order valence-corrected chi connectivity index (χ1v) is 6.26. The highest BCUT2D eigenvalue weighted by atomic mass is 32.1. The first-order valence-electron chi connectivity index (χ1n) is 5.85. The van der Waals surface area contributed by atoms with Crippen LogP contribution in [0.25, 0.3) is 11.3 Å². The Morgan fingerprint density at radius 2 is 2.00 bits per heavy atom. The second kappa shape index (κ2) is 5.27. The van der Waals surface area contributed by atoms with Crippen LogP contribution in [0.15, 0.2) is 30.5 Å². The molecule has 2 aromatic rings. The van der Waals surface area contributed by atoms with Crippen molar-refractivity contribution in [1.82, 2.24) is 15.0 Å². The Bertz CT molecular complexity index is 542. The van der Waals surface area contributed by atoms with Crippen molar-refractivity contribution >= 4 is 17.2 Å². The molecule has 2 N–H and O–H groups in total. The number of aromatic nitrogens is 3. The highest BCUT2D eigenvalue weighted by Crippen LogP contribution is 2.21. The van der Waals surface area contributed by atoms with Gasteiger partial charge in [-0.25, -0.2) is 4.68 Å². The number of nitrogens with two attached hydrogens (primary N) is 1. The van der Waals surface area contributed by atoms with Crippen molar-refractivity contribution in [2.45, 2.75) is 26.3 Å². The third-order valence-electron chi connectivity index (χ3n) is 2.80. The molecule has 0 fully saturated rings. The van der Waals surface area contributed by atoms with Crippen LogP contribution in [0.2, 0.25) is 0 Å². The van der Waals surface area contributed by atoms with Gasteiger partial charge in [-0.05, 0) is 11.5 Å². The van der Waals surface area contributed by atoms with Crippen LogP contribution < -0.4 is 5.73 Å². The molecule has 18 heavy (non-hydrogen) atoms. The summed E-state index contributed by atoms with van der Waals surface area (Å²) in [5.41, 5.74) is 8.85. The second-order valence-electron chi connectivity index (χ2n) is 4.52. The normalized spacial score (nSPS) is 10.8. The van der Waals surface area contributed by atoms with Gasteiger partial charge in [0.15, 0.2) is 0 Å². The zero-order valence-corrected chi connectivity index (χ0v) is 11.3. The fourth-order valence-electron chi connectivity index (χ4n) is 1.78. The lowest BCUT2D eigenvalue weighted by Gasteiger charge is -2.08. The van der Waals surface area contributed by atoms with E-state index in [0.717, 1.165) is 11.3 Å². The third kappa shape index (κ3) is 2.73. The number of benzene rings is 1. The van der Waals surface area contributed by atoms with Crippen molar-refractivity contribution in [1.29, 1.82) is 0 Å². The highest BCUT2D eigenvalue weighted by molar-refractivity contribution is 7.80. The number of hydrogen-bond acceptors (Lipinski definition) is 3. The molecule has 0 aliphatic rings. The van der Waals surface area contributed by atoms with Crippen molar-refractivity contribution in [2.75, 3.05) is 0 Å². The molecule has 0 saturated heterocycles. The highest BCUT2D eigenvalue weighted by Gasteiger charge is 2.08. The van der Waals surface area contributed by atoms with Gasteiger partial charge in [0.1, 0.15) is 0 Å². The van der Waals surface area contributed by atoms with Crippen molar-refractivity contribution in [3.63, 3.8) is 0 Å². The fourth-order valence-corrected chi connectivity index (χ4v) is 1.91. The molecule has 0 radical (unpaired) electrons. The monoisotopic (exact) mass is 260 g/mol. The minimum Gasteiger partial charge on any atom is -0.392 e. The van der Waals surface area contributed by atoms with Gasteiger partial charge in [-0.3, -0.25) is 0 Å². The van der Waals surface area contributed by atoms with Crippen molar-refractivity contribution < 1.29 is 0 Å². The second-order valence-corrected chi connectivity index (χ2v) is 5.04. The first kappa shape index (κ1) is 12.7. The molecule has 94 valence electrons. The molecule has 0 saturated carbocycles. The average Bonchev–Trinajstić information content (AvgIpc) is 2.76. The van der Waals surface area contributed by atoms with Crippen LogP contribution >= 0.6 is 12.2 Å². The molecule has 4 nitrogen and oxygen atoms in total. The van der Waals surface area contributed by atoms with Crippen LogP contribution in [0, 0.1) is 0 Å². The maximum Gasteiger partial charge on any atom is 0.0946 e. The lowest BCUT2D eigenvalue weighted by atomic mass is 10.0. The van der Waals surface area contributed by atoms with Gasteiger partial charge in [0.05, 0.1) is 23.4 Å². The molecule has 0 amide bonds. The van der Waals surface area contributed by atoms with E-state index in [0.29, 0.717) is 17.5 Å². The summed E-state index contributed by atoms with van der Waals surface area (Å²) in [4.78, 5) is 0.403. The fraction of sp³-hybridized carbons (Fsp3) is 0.308. The summed E-state index contributed by atoms with van der Waals surface area (Å²) in [5, 5.41) is 7.90. The van der Waals surface area contributed by atoms with Gasteiger partial charge in [0.25, 0.3) is 0 Å². The lowest BCUT2D eigenvalue weighted by molar-refractivity contribution is 0.687. The van der Waals surface area contributed by atoms with E-state index in [1.165, 1.54) is 5.56 Å². The predicted molar refractivity (Wildman–Crippen MR) is 76.3 cm³/mol. The van der Waals surface area contributed by atoms with E-state index in [9.17, 15) is 0 Å².